The highest BCUT2D eigenvalue weighted by Gasteiger charge is 2.11. The van der Waals surface area contributed by atoms with E-state index in [1.807, 2.05) is 48.5 Å². The molecule has 3 aromatic rings. The molecule has 0 heterocycles. The van der Waals surface area contributed by atoms with E-state index in [-0.39, 0.29) is 17.1 Å². The van der Waals surface area contributed by atoms with Gasteiger partial charge in [0, 0.05) is 5.56 Å². The van der Waals surface area contributed by atoms with Crippen molar-refractivity contribution in [1.29, 1.82) is 0 Å². The van der Waals surface area contributed by atoms with Gasteiger partial charge in [-0.05, 0) is 35.9 Å². The Balaban J connectivity index is 1.84. The summed E-state index contributed by atoms with van der Waals surface area (Å²) in [6.07, 6.45) is 3.08. The van der Waals surface area contributed by atoms with Crippen molar-refractivity contribution in [2.24, 2.45) is 0 Å². The molecule has 0 aliphatic heterocycles. The number of methoxy groups -OCH3 is 1. The lowest BCUT2D eigenvalue weighted by molar-refractivity contribution is 0.104. The average molecular weight is 360 g/mol. The van der Waals surface area contributed by atoms with Crippen LogP contribution in [0.4, 0.5) is 0 Å². The lowest BCUT2D eigenvalue weighted by Gasteiger charge is -2.13. The van der Waals surface area contributed by atoms with Gasteiger partial charge < -0.3 is 14.6 Å². The number of hydrogen-bond acceptors (Lipinski definition) is 4. The Labute approximate surface area is 158 Å². The summed E-state index contributed by atoms with van der Waals surface area (Å²) >= 11 is 0. The van der Waals surface area contributed by atoms with Crippen LogP contribution in [0.25, 0.3) is 6.08 Å². The molecule has 0 atom stereocenters. The zero-order valence-corrected chi connectivity index (χ0v) is 15.0. The molecule has 3 aromatic carbocycles. The summed E-state index contributed by atoms with van der Waals surface area (Å²) in [6.45, 7) is 0.384. The first-order valence-electron chi connectivity index (χ1n) is 8.53. The number of ketones is 1. The highest BCUT2D eigenvalue weighted by Crippen LogP contribution is 2.33. The van der Waals surface area contributed by atoms with Crippen molar-refractivity contribution >= 4 is 11.9 Å². The summed E-state index contributed by atoms with van der Waals surface area (Å²) in [5.74, 6) is 0.816. The molecule has 0 unspecified atom stereocenters. The third-order valence-electron chi connectivity index (χ3n) is 4.04. The van der Waals surface area contributed by atoms with Crippen LogP contribution in [0.3, 0.4) is 0 Å². The fourth-order valence-electron chi connectivity index (χ4n) is 2.65. The van der Waals surface area contributed by atoms with Crippen molar-refractivity contribution in [3.8, 4) is 17.2 Å². The van der Waals surface area contributed by atoms with Crippen molar-refractivity contribution in [3.05, 3.63) is 95.6 Å². The first kappa shape index (κ1) is 18.3. The number of aromatic hydroxyl groups is 1. The van der Waals surface area contributed by atoms with E-state index in [0.717, 1.165) is 5.56 Å². The summed E-state index contributed by atoms with van der Waals surface area (Å²) in [5, 5.41) is 9.83. The van der Waals surface area contributed by atoms with Crippen LogP contribution in [0.1, 0.15) is 21.5 Å². The molecule has 4 heteroatoms. The molecule has 0 aromatic heterocycles. The zero-order chi connectivity index (χ0) is 19.1. The molecule has 0 radical (unpaired) electrons. The normalized spacial score (nSPS) is 10.7. The van der Waals surface area contributed by atoms with E-state index in [1.54, 1.807) is 31.4 Å². The van der Waals surface area contributed by atoms with E-state index < -0.39 is 0 Å². The minimum atomic E-state index is -0.287. The van der Waals surface area contributed by atoms with Crippen LogP contribution in [0, 0.1) is 0 Å². The molecule has 27 heavy (non-hydrogen) atoms. The molecule has 0 fully saturated rings. The predicted octanol–water partition coefficient (Wildman–Crippen LogP) is 4.88. The van der Waals surface area contributed by atoms with E-state index in [9.17, 15) is 9.90 Å². The standard InChI is InChI=1S/C23H20O4/c1-26-22-13-7-10-18(23(22)27-16-17-8-3-2-4-9-17)14-15-21(25)19-11-5-6-12-20(19)24/h2-15,24H,16H2,1H3/b15-14+. The van der Waals surface area contributed by atoms with Gasteiger partial charge >= 0.3 is 0 Å². The molecule has 0 aliphatic rings. The number of hydrogen-bond donors (Lipinski definition) is 1. The number of rotatable bonds is 7. The summed E-state index contributed by atoms with van der Waals surface area (Å²) in [6, 6.07) is 21.7. The van der Waals surface area contributed by atoms with E-state index in [4.69, 9.17) is 9.47 Å². The highest BCUT2D eigenvalue weighted by atomic mass is 16.5. The highest BCUT2D eigenvalue weighted by molar-refractivity contribution is 6.08. The molecule has 0 saturated heterocycles. The van der Waals surface area contributed by atoms with Crippen molar-refractivity contribution in [2.45, 2.75) is 6.61 Å². The topological polar surface area (TPSA) is 55.8 Å². The molecule has 0 saturated carbocycles. The van der Waals surface area contributed by atoms with Crippen LogP contribution in [-0.4, -0.2) is 18.0 Å². The number of para-hydroxylation sites is 2. The van der Waals surface area contributed by atoms with Crippen LogP contribution in [0.5, 0.6) is 17.2 Å². The maximum Gasteiger partial charge on any atom is 0.189 e. The zero-order valence-electron chi connectivity index (χ0n) is 15.0. The van der Waals surface area contributed by atoms with Gasteiger partial charge in [0.05, 0.1) is 12.7 Å². The van der Waals surface area contributed by atoms with E-state index in [2.05, 4.69) is 0 Å². The smallest absolute Gasteiger partial charge is 0.189 e. The van der Waals surface area contributed by atoms with Gasteiger partial charge in [0.2, 0.25) is 0 Å². The van der Waals surface area contributed by atoms with Gasteiger partial charge in [0.25, 0.3) is 0 Å². The van der Waals surface area contributed by atoms with Gasteiger partial charge in [0.1, 0.15) is 12.4 Å². The summed E-state index contributed by atoms with van der Waals surface area (Å²) in [7, 11) is 1.57. The Bertz CT molecular complexity index is 946. The third kappa shape index (κ3) is 4.55. The Morgan fingerprint density at radius 1 is 0.963 bits per heavy atom. The summed E-state index contributed by atoms with van der Waals surface area (Å²) in [4.78, 5) is 12.4. The minimum Gasteiger partial charge on any atom is -0.507 e. The first-order chi connectivity index (χ1) is 13.2. The summed E-state index contributed by atoms with van der Waals surface area (Å²) in [5.41, 5.74) is 2.00. The fraction of sp³-hybridized carbons (Fsp3) is 0.0870. The Morgan fingerprint density at radius 3 is 2.44 bits per heavy atom. The van der Waals surface area contributed by atoms with E-state index in [1.165, 1.54) is 12.1 Å². The Kier molecular flexibility index (Phi) is 5.90. The van der Waals surface area contributed by atoms with E-state index in [0.29, 0.717) is 23.7 Å². The fourth-order valence-corrected chi connectivity index (χ4v) is 2.65. The van der Waals surface area contributed by atoms with Gasteiger partial charge in [-0.25, -0.2) is 0 Å². The second-order valence-corrected chi connectivity index (χ2v) is 5.87. The second kappa shape index (κ2) is 8.72. The number of phenols is 1. The van der Waals surface area contributed by atoms with Gasteiger partial charge in [-0.3, -0.25) is 4.79 Å². The van der Waals surface area contributed by atoms with Crippen molar-refractivity contribution in [1.82, 2.24) is 0 Å². The molecule has 0 spiro atoms. The van der Waals surface area contributed by atoms with Crippen molar-refractivity contribution < 1.29 is 19.4 Å². The molecule has 4 nitrogen and oxygen atoms in total. The predicted molar refractivity (Wildman–Crippen MR) is 105 cm³/mol. The Hall–Kier alpha value is -3.53. The molecule has 0 bridgehead atoms. The number of carbonyl (C=O) groups excluding carboxylic acids is 1. The second-order valence-electron chi connectivity index (χ2n) is 5.87. The Morgan fingerprint density at radius 2 is 1.70 bits per heavy atom. The van der Waals surface area contributed by atoms with Crippen LogP contribution in [-0.2, 0) is 6.61 Å². The number of phenolic OH excluding ortho intramolecular Hbond substituents is 1. The summed E-state index contributed by atoms with van der Waals surface area (Å²) < 4.78 is 11.4. The SMILES string of the molecule is COc1cccc(/C=C/C(=O)c2ccccc2O)c1OCc1ccccc1. The number of benzene rings is 3. The first-order valence-corrected chi connectivity index (χ1v) is 8.53. The minimum absolute atomic E-state index is 0.0432. The van der Waals surface area contributed by atoms with Crippen LogP contribution < -0.4 is 9.47 Å². The largest absolute Gasteiger partial charge is 0.507 e. The van der Waals surface area contributed by atoms with Crippen LogP contribution in [0.2, 0.25) is 0 Å². The number of ether oxygens (including phenoxy) is 2. The van der Waals surface area contributed by atoms with Crippen LogP contribution in [0.15, 0.2) is 78.9 Å². The molecule has 1 N–H and O–H groups in total. The maximum atomic E-state index is 12.4. The van der Waals surface area contributed by atoms with Crippen molar-refractivity contribution in [2.75, 3.05) is 7.11 Å². The van der Waals surface area contributed by atoms with Gasteiger partial charge in [-0.1, -0.05) is 54.6 Å². The number of allylic oxidation sites excluding steroid dienone is 1. The average Bonchev–Trinajstić information content (AvgIpc) is 2.71. The van der Waals surface area contributed by atoms with Gasteiger partial charge in [-0.15, -0.1) is 0 Å². The molecule has 3 rings (SSSR count). The van der Waals surface area contributed by atoms with Gasteiger partial charge in [0.15, 0.2) is 17.3 Å². The molecular weight excluding hydrogens is 340 g/mol. The quantitative estimate of drug-likeness (QED) is 0.482. The third-order valence-corrected chi connectivity index (χ3v) is 4.04. The van der Waals surface area contributed by atoms with Crippen LogP contribution >= 0.6 is 0 Å². The van der Waals surface area contributed by atoms with E-state index >= 15 is 0 Å². The van der Waals surface area contributed by atoms with Gasteiger partial charge in [-0.2, -0.15) is 0 Å². The molecular formula is C23H20O4. The lowest BCUT2D eigenvalue weighted by atomic mass is 10.1. The lowest BCUT2D eigenvalue weighted by Crippen LogP contribution is -2.00. The van der Waals surface area contributed by atoms with Crippen molar-refractivity contribution in [3.63, 3.8) is 0 Å². The maximum absolute atomic E-state index is 12.4. The molecule has 136 valence electrons. The molecule has 0 aliphatic carbocycles. The number of carbonyl (C=O) groups is 1. The monoisotopic (exact) mass is 360 g/mol. The molecule has 0 amide bonds.